The van der Waals surface area contributed by atoms with E-state index in [9.17, 15) is 9.59 Å². The van der Waals surface area contributed by atoms with Gasteiger partial charge in [0.05, 0.1) is 12.8 Å². The molecule has 0 bridgehead atoms. The molecule has 2 amide bonds. The van der Waals surface area contributed by atoms with E-state index in [1.165, 1.54) is 12.8 Å². The van der Waals surface area contributed by atoms with Crippen LogP contribution in [0.4, 0.5) is 5.69 Å². The molecule has 6 nitrogen and oxygen atoms in total. The lowest BCUT2D eigenvalue weighted by atomic mass is 9.95. The Kier molecular flexibility index (Phi) is 7.71. The second-order valence-corrected chi connectivity index (χ2v) is 7.85. The summed E-state index contributed by atoms with van der Waals surface area (Å²) in [5.74, 6) is 1.18. The highest BCUT2D eigenvalue weighted by atomic mass is 16.5. The van der Waals surface area contributed by atoms with Crippen LogP contribution >= 0.6 is 0 Å². The SMILES string of the molecule is COc1ccccc1NC(=O)CCN1CCC(C(=O)N2CCCCCC2)CC1. The molecule has 0 radical (unpaired) electrons. The summed E-state index contributed by atoms with van der Waals surface area (Å²) in [6.07, 6.45) is 7.05. The summed E-state index contributed by atoms with van der Waals surface area (Å²) in [7, 11) is 1.60. The second kappa shape index (κ2) is 10.5. The Bertz CT molecular complexity index is 648. The summed E-state index contributed by atoms with van der Waals surface area (Å²) in [6, 6.07) is 7.44. The molecule has 3 rings (SSSR count). The number of likely N-dealkylation sites (tertiary alicyclic amines) is 2. The Balaban J connectivity index is 1.39. The van der Waals surface area contributed by atoms with Crippen molar-refractivity contribution in [3.05, 3.63) is 24.3 Å². The van der Waals surface area contributed by atoms with Crippen molar-refractivity contribution in [2.24, 2.45) is 5.92 Å². The van der Waals surface area contributed by atoms with Crippen molar-refractivity contribution in [3.8, 4) is 5.75 Å². The summed E-state index contributed by atoms with van der Waals surface area (Å²) in [5, 5.41) is 2.93. The van der Waals surface area contributed by atoms with Crippen LogP contribution in [0.3, 0.4) is 0 Å². The van der Waals surface area contributed by atoms with E-state index in [-0.39, 0.29) is 11.8 Å². The third-order valence-corrected chi connectivity index (χ3v) is 5.89. The third-order valence-electron chi connectivity index (χ3n) is 5.89. The number of carbonyl (C=O) groups is 2. The van der Waals surface area contributed by atoms with E-state index in [0.717, 1.165) is 58.4 Å². The molecular formula is C22H33N3O3. The number of hydrogen-bond acceptors (Lipinski definition) is 4. The fraction of sp³-hybridized carbons (Fsp3) is 0.636. The van der Waals surface area contributed by atoms with Gasteiger partial charge in [-0.1, -0.05) is 25.0 Å². The first-order valence-corrected chi connectivity index (χ1v) is 10.6. The number of nitrogens with zero attached hydrogens (tertiary/aromatic N) is 2. The molecule has 28 heavy (non-hydrogen) atoms. The van der Waals surface area contributed by atoms with Crippen molar-refractivity contribution in [2.45, 2.75) is 44.9 Å². The maximum absolute atomic E-state index is 12.8. The normalized spacial score (nSPS) is 19.1. The van der Waals surface area contributed by atoms with Crippen molar-refractivity contribution < 1.29 is 14.3 Å². The van der Waals surface area contributed by atoms with Gasteiger partial charge in [0.25, 0.3) is 0 Å². The number of nitrogens with one attached hydrogen (secondary N) is 1. The molecule has 2 heterocycles. The predicted molar refractivity (Wildman–Crippen MR) is 110 cm³/mol. The van der Waals surface area contributed by atoms with Crippen LogP contribution in [0.5, 0.6) is 5.75 Å². The fourth-order valence-electron chi connectivity index (χ4n) is 4.17. The van der Waals surface area contributed by atoms with Crippen molar-refractivity contribution in [1.29, 1.82) is 0 Å². The van der Waals surface area contributed by atoms with E-state index >= 15 is 0 Å². The van der Waals surface area contributed by atoms with Crippen molar-refractivity contribution in [3.63, 3.8) is 0 Å². The molecule has 0 unspecified atom stereocenters. The minimum atomic E-state index is -0.00716. The van der Waals surface area contributed by atoms with Crippen LogP contribution in [0.2, 0.25) is 0 Å². The smallest absolute Gasteiger partial charge is 0.225 e. The molecule has 6 heteroatoms. The van der Waals surface area contributed by atoms with Crippen LogP contribution in [0.1, 0.15) is 44.9 Å². The fourth-order valence-corrected chi connectivity index (χ4v) is 4.17. The lowest BCUT2D eigenvalue weighted by Gasteiger charge is -2.33. The highest BCUT2D eigenvalue weighted by Crippen LogP contribution is 2.24. The van der Waals surface area contributed by atoms with E-state index in [1.807, 2.05) is 24.3 Å². The Morgan fingerprint density at radius 2 is 1.71 bits per heavy atom. The zero-order valence-electron chi connectivity index (χ0n) is 17.0. The number of ether oxygens (including phenoxy) is 1. The summed E-state index contributed by atoms with van der Waals surface area (Å²) < 4.78 is 5.27. The number of carbonyl (C=O) groups excluding carboxylic acids is 2. The van der Waals surface area contributed by atoms with Gasteiger partial charge in [-0.3, -0.25) is 9.59 Å². The molecule has 0 aromatic heterocycles. The van der Waals surface area contributed by atoms with Gasteiger partial charge in [0, 0.05) is 32.0 Å². The zero-order valence-corrected chi connectivity index (χ0v) is 17.0. The number of anilines is 1. The van der Waals surface area contributed by atoms with Gasteiger partial charge < -0.3 is 19.9 Å². The molecule has 1 N–H and O–H groups in total. The van der Waals surface area contributed by atoms with Crippen molar-refractivity contribution in [1.82, 2.24) is 9.80 Å². The van der Waals surface area contributed by atoms with Crippen LogP contribution in [-0.2, 0) is 9.59 Å². The van der Waals surface area contributed by atoms with Gasteiger partial charge in [-0.15, -0.1) is 0 Å². The number of hydrogen-bond donors (Lipinski definition) is 1. The number of para-hydroxylation sites is 2. The van der Waals surface area contributed by atoms with E-state index in [0.29, 0.717) is 23.8 Å². The van der Waals surface area contributed by atoms with Gasteiger partial charge in [0.2, 0.25) is 11.8 Å². The molecular weight excluding hydrogens is 354 g/mol. The first-order chi connectivity index (χ1) is 13.7. The quantitative estimate of drug-likeness (QED) is 0.815. The molecule has 1 aromatic rings. The molecule has 154 valence electrons. The van der Waals surface area contributed by atoms with Crippen LogP contribution in [0, 0.1) is 5.92 Å². The van der Waals surface area contributed by atoms with Gasteiger partial charge >= 0.3 is 0 Å². The molecule has 1 aromatic carbocycles. The van der Waals surface area contributed by atoms with Crippen molar-refractivity contribution in [2.75, 3.05) is 45.2 Å². The van der Waals surface area contributed by atoms with Crippen LogP contribution in [0.15, 0.2) is 24.3 Å². The van der Waals surface area contributed by atoms with Crippen LogP contribution < -0.4 is 10.1 Å². The lowest BCUT2D eigenvalue weighted by molar-refractivity contribution is -0.137. The van der Waals surface area contributed by atoms with Gasteiger partial charge in [0.1, 0.15) is 5.75 Å². The van der Waals surface area contributed by atoms with Crippen LogP contribution in [0.25, 0.3) is 0 Å². The van der Waals surface area contributed by atoms with Gasteiger partial charge in [-0.2, -0.15) is 0 Å². The zero-order chi connectivity index (χ0) is 19.8. The summed E-state index contributed by atoms with van der Waals surface area (Å²) in [5.41, 5.74) is 0.705. The minimum Gasteiger partial charge on any atom is -0.495 e. The Morgan fingerprint density at radius 3 is 2.39 bits per heavy atom. The van der Waals surface area contributed by atoms with Gasteiger partial charge in [-0.05, 0) is 50.9 Å². The standard InChI is InChI=1S/C22H33N3O3/c1-28-20-9-5-4-8-19(20)23-21(26)12-17-24-15-10-18(11-16-24)22(27)25-13-6-2-3-7-14-25/h4-5,8-9,18H,2-3,6-7,10-17H2,1H3,(H,23,26). The highest BCUT2D eigenvalue weighted by molar-refractivity contribution is 5.92. The Morgan fingerprint density at radius 1 is 1.04 bits per heavy atom. The first kappa shape index (κ1) is 20.6. The van der Waals surface area contributed by atoms with Gasteiger partial charge in [0.15, 0.2) is 0 Å². The largest absolute Gasteiger partial charge is 0.495 e. The molecule has 2 fully saturated rings. The number of amides is 2. The van der Waals surface area contributed by atoms with Crippen LogP contribution in [-0.4, -0.2) is 61.4 Å². The topological polar surface area (TPSA) is 61.9 Å². The minimum absolute atomic E-state index is 0.00716. The number of piperidine rings is 1. The molecule has 2 aliphatic heterocycles. The van der Waals surface area contributed by atoms with Crippen molar-refractivity contribution >= 4 is 17.5 Å². The average Bonchev–Trinajstić information content (AvgIpc) is 3.02. The summed E-state index contributed by atoms with van der Waals surface area (Å²) >= 11 is 0. The van der Waals surface area contributed by atoms with E-state index in [4.69, 9.17) is 4.74 Å². The van der Waals surface area contributed by atoms with E-state index in [2.05, 4.69) is 15.1 Å². The molecule has 0 atom stereocenters. The molecule has 2 saturated heterocycles. The molecule has 2 aliphatic rings. The van der Waals surface area contributed by atoms with E-state index < -0.39 is 0 Å². The van der Waals surface area contributed by atoms with Gasteiger partial charge in [-0.25, -0.2) is 0 Å². The Hall–Kier alpha value is -2.08. The second-order valence-electron chi connectivity index (χ2n) is 7.85. The predicted octanol–water partition coefficient (Wildman–Crippen LogP) is 3.14. The monoisotopic (exact) mass is 387 g/mol. The maximum atomic E-state index is 12.8. The Labute approximate surface area is 168 Å². The maximum Gasteiger partial charge on any atom is 0.225 e. The number of rotatable bonds is 6. The third kappa shape index (κ3) is 5.71. The molecule has 0 aliphatic carbocycles. The molecule has 0 spiro atoms. The highest BCUT2D eigenvalue weighted by Gasteiger charge is 2.28. The average molecular weight is 388 g/mol. The lowest BCUT2D eigenvalue weighted by Crippen LogP contribution is -2.43. The number of benzene rings is 1. The first-order valence-electron chi connectivity index (χ1n) is 10.6. The molecule has 0 saturated carbocycles. The van der Waals surface area contributed by atoms with E-state index in [1.54, 1.807) is 7.11 Å². The summed E-state index contributed by atoms with van der Waals surface area (Å²) in [6.45, 7) is 4.38. The summed E-state index contributed by atoms with van der Waals surface area (Å²) in [4.78, 5) is 29.4. The number of methoxy groups -OCH3 is 1.